The van der Waals surface area contributed by atoms with Gasteiger partial charge in [-0.15, -0.1) is 11.3 Å². The maximum Gasteiger partial charge on any atom is 0.352 e. The van der Waals surface area contributed by atoms with Crippen LogP contribution in [0.15, 0.2) is 28.7 Å². The number of rotatable bonds is 5. The predicted octanol–water partition coefficient (Wildman–Crippen LogP) is 1.38. The summed E-state index contributed by atoms with van der Waals surface area (Å²) in [5.74, 6) is -1.22. The maximum atomic E-state index is 12.2. The van der Waals surface area contributed by atoms with Crippen molar-refractivity contribution in [3.05, 3.63) is 34.5 Å². The highest BCUT2D eigenvalue weighted by Gasteiger charge is 2.30. The van der Waals surface area contributed by atoms with Crippen LogP contribution in [-0.4, -0.2) is 29.5 Å². The van der Waals surface area contributed by atoms with Gasteiger partial charge in [-0.25, -0.2) is 18.2 Å². The minimum absolute atomic E-state index is 0.125. The lowest BCUT2D eigenvalue weighted by Gasteiger charge is -2.23. The molecule has 2 rings (SSSR count). The zero-order chi connectivity index (χ0) is 15.0. The normalized spacial score (nSPS) is 12.5. The Morgan fingerprint density at radius 3 is 2.70 bits per heavy atom. The van der Waals surface area contributed by atoms with Gasteiger partial charge >= 0.3 is 5.97 Å². The van der Waals surface area contributed by atoms with Crippen molar-refractivity contribution in [3.8, 4) is 0 Å². The van der Waals surface area contributed by atoms with Crippen LogP contribution in [-0.2, 0) is 15.6 Å². The Labute approximate surface area is 119 Å². The summed E-state index contributed by atoms with van der Waals surface area (Å²) in [4.78, 5) is 17.1. The van der Waals surface area contributed by atoms with Gasteiger partial charge in [0.15, 0.2) is 0 Å². The van der Waals surface area contributed by atoms with E-state index in [1.165, 1.54) is 11.3 Å². The van der Waals surface area contributed by atoms with Gasteiger partial charge in [-0.2, -0.15) is 4.72 Å². The van der Waals surface area contributed by atoms with Gasteiger partial charge in [0.05, 0.1) is 5.54 Å². The van der Waals surface area contributed by atoms with Crippen molar-refractivity contribution in [1.82, 2.24) is 14.7 Å². The number of carboxylic acid groups (broad SMARTS) is 1. The Hall–Kier alpha value is -1.71. The van der Waals surface area contributed by atoms with Crippen molar-refractivity contribution in [3.63, 3.8) is 0 Å². The van der Waals surface area contributed by atoms with Crippen LogP contribution in [0.5, 0.6) is 0 Å². The number of H-pyrrole nitrogens is 1. The highest BCUT2D eigenvalue weighted by molar-refractivity contribution is 7.89. The first-order valence-electron chi connectivity index (χ1n) is 5.58. The average molecular weight is 315 g/mol. The quantitative estimate of drug-likeness (QED) is 0.771. The number of aromatic amines is 1. The monoisotopic (exact) mass is 315 g/mol. The number of sulfonamides is 1. The molecule has 0 unspecified atom stereocenters. The van der Waals surface area contributed by atoms with Crippen LogP contribution in [0, 0.1) is 0 Å². The van der Waals surface area contributed by atoms with Gasteiger partial charge in [-0.05, 0) is 19.9 Å². The van der Waals surface area contributed by atoms with Crippen LogP contribution in [0.1, 0.15) is 29.3 Å². The predicted molar refractivity (Wildman–Crippen MR) is 73.2 cm³/mol. The fourth-order valence-corrected chi connectivity index (χ4v) is 3.78. The van der Waals surface area contributed by atoms with E-state index in [9.17, 15) is 13.2 Å². The summed E-state index contributed by atoms with van der Waals surface area (Å²) in [5.41, 5.74) is -1.06. The Kier molecular flexibility index (Phi) is 3.67. The molecule has 0 fully saturated rings. The van der Waals surface area contributed by atoms with E-state index in [1.54, 1.807) is 25.4 Å². The number of aromatic carboxylic acids is 1. The minimum Gasteiger partial charge on any atom is -0.477 e. The summed E-state index contributed by atoms with van der Waals surface area (Å²) in [6.45, 7) is 3.38. The Morgan fingerprint density at radius 2 is 2.20 bits per heavy atom. The largest absolute Gasteiger partial charge is 0.477 e. The van der Waals surface area contributed by atoms with Crippen molar-refractivity contribution in [2.24, 2.45) is 0 Å². The number of nitrogens with one attached hydrogen (secondary N) is 2. The van der Waals surface area contributed by atoms with Crippen LogP contribution in [0.4, 0.5) is 0 Å². The highest BCUT2D eigenvalue weighted by atomic mass is 32.2. The van der Waals surface area contributed by atoms with Gasteiger partial charge < -0.3 is 10.1 Å². The Morgan fingerprint density at radius 1 is 1.50 bits per heavy atom. The van der Waals surface area contributed by atoms with Crippen LogP contribution >= 0.6 is 11.3 Å². The molecule has 0 saturated heterocycles. The van der Waals surface area contributed by atoms with E-state index < -0.39 is 21.5 Å². The van der Waals surface area contributed by atoms with E-state index in [1.807, 2.05) is 0 Å². The third kappa shape index (κ3) is 2.89. The number of carboxylic acids is 1. The van der Waals surface area contributed by atoms with Gasteiger partial charge in [-0.1, -0.05) is 0 Å². The molecular weight excluding hydrogens is 302 g/mol. The van der Waals surface area contributed by atoms with Crippen molar-refractivity contribution in [1.29, 1.82) is 0 Å². The minimum atomic E-state index is -3.83. The van der Waals surface area contributed by atoms with Gasteiger partial charge in [0.2, 0.25) is 10.0 Å². The smallest absolute Gasteiger partial charge is 0.352 e. The Bertz CT molecular complexity index is 717. The van der Waals surface area contributed by atoms with Crippen molar-refractivity contribution >= 4 is 27.3 Å². The molecule has 0 bridgehead atoms. The van der Waals surface area contributed by atoms with Crippen molar-refractivity contribution in [2.45, 2.75) is 24.3 Å². The second-order valence-corrected chi connectivity index (χ2v) is 7.20. The molecule has 0 spiro atoms. The maximum absolute atomic E-state index is 12.2. The number of thiazole rings is 1. The second-order valence-electron chi connectivity index (χ2n) is 4.62. The molecule has 2 aromatic heterocycles. The van der Waals surface area contributed by atoms with Gasteiger partial charge in [0.1, 0.15) is 15.6 Å². The number of hydrogen-bond acceptors (Lipinski definition) is 5. The van der Waals surface area contributed by atoms with Crippen LogP contribution in [0.3, 0.4) is 0 Å². The third-order valence-electron chi connectivity index (χ3n) is 2.55. The number of hydrogen-bond donors (Lipinski definition) is 3. The molecule has 0 radical (unpaired) electrons. The van der Waals surface area contributed by atoms with E-state index in [2.05, 4.69) is 14.7 Å². The van der Waals surface area contributed by atoms with E-state index >= 15 is 0 Å². The summed E-state index contributed by atoms with van der Waals surface area (Å²) < 4.78 is 27.0. The molecule has 0 saturated carbocycles. The molecule has 0 aromatic carbocycles. The molecule has 0 aliphatic rings. The lowest BCUT2D eigenvalue weighted by molar-refractivity contribution is 0.0691. The van der Waals surface area contributed by atoms with E-state index in [4.69, 9.17) is 5.11 Å². The Balaban J connectivity index is 2.29. The first-order valence-corrected chi connectivity index (χ1v) is 7.94. The standard InChI is InChI=1S/C11H13N3O4S2/c1-11(2,10-12-3-4-19-10)14-20(17,18)7-5-8(9(15)16)13-6-7/h3-6,13-14H,1-2H3,(H,15,16). The topological polar surface area (TPSA) is 112 Å². The SMILES string of the molecule is CC(C)(NS(=O)(=O)c1c[nH]c(C(=O)O)c1)c1nccs1. The van der Waals surface area contributed by atoms with Crippen molar-refractivity contribution < 1.29 is 18.3 Å². The van der Waals surface area contributed by atoms with Gasteiger partial charge in [0, 0.05) is 17.8 Å². The van der Waals surface area contributed by atoms with Crippen LogP contribution in [0.25, 0.3) is 0 Å². The number of aromatic nitrogens is 2. The van der Waals surface area contributed by atoms with E-state index in [0.29, 0.717) is 5.01 Å². The molecule has 20 heavy (non-hydrogen) atoms. The molecule has 2 heterocycles. The zero-order valence-corrected chi connectivity index (χ0v) is 12.4. The molecule has 3 N–H and O–H groups in total. The van der Waals surface area contributed by atoms with Crippen LogP contribution < -0.4 is 4.72 Å². The van der Waals surface area contributed by atoms with Gasteiger partial charge in [-0.3, -0.25) is 0 Å². The van der Waals surface area contributed by atoms with Gasteiger partial charge in [0.25, 0.3) is 0 Å². The summed E-state index contributed by atoms with van der Waals surface area (Å²) in [7, 11) is -3.83. The van der Waals surface area contributed by atoms with Crippen molar-refractivity contribution in [2.75, 3.05) is 0 Å². The summed E-state index contributed by atoms with van der Waals surface area (Å²) in [6, 6.07) is 1.07. The van der Waals surface area contributed by atoms with E-state index in [-0.39, 0.29) is 10.6 Å². The molecule has 9 heteroatoms. The fourth-order valence-electron chi connectivity index (χ4n) is 1.62. The first kappa shape index (κ1) is 14.7. The lowest BCUT2D eigenvalue weighted by atomic mass is 10.1. The number of carbonyl (C=O) groups is 1. The summed E-state index contributed by atoms with van der Waals surface area (Å²) in [5, 5.41) is 11.2. The number of nitrogens with zero attached hydrogens (tertiary/aromatic N) is 1. The molecule has 108 valence electrons. The third-order valence-corrected chi connectivity index (χ3v) is 5.29. The summed E-state index contributed by atoms with van der Waals surface area (Å²) in [6.07, 6.45) is 2.73. The molecule has 0 atom stereocenters. The molecule has 0 aliphatic carbocycles. The fraction of sp³-hybridized carbons (Fsp3) is 0.273. The molecule has 0 aliphatic heterocycles. The average Bonchev–Trinajstić information content (AvgIpc) is 3.00. The highest BCUT2D eigenvalue weighted by Crippen LogP contribution is 2.24. The van der Waals surface area contributed by atoms with E-state index in [0.717, 1.165) is 12.3 Å². The first-order chi connectivity index (χ1) is 9.22. The molecule has 2 aromatic rings. The summed E-state index contributed by atoms with van der Waals surface area (Å²) >= 11 is 1.34. The van der Waals surface area contributed by atoms with Crippen LogP contribution in [0.2, 0.25) is 0 Å². The molecule has 0 amide bonds. The lowest BCUT2D eigenvalue weighted by Crippen LogP contribution is -2.40. The zero-order valence-electron chi connectivity index (χ0n) is 10.7. The molecular formula is C11H13N3O4S2. The second kappa shape index (κ2) is 5.00. The molecule has 7 nitrogen and oxygen atoms in total.